The molecule has 0 bridgehead atoms. The number of nitrogens with zero attached hydrogens (tertiary/aromatic N) is 1. The van der Waals surface area contributed by atoms with Crippen molar-refractivity contribution in [2.24, 2.45) is 0 Å². The molecular weight excluding hydrogens is 372 g/mol. The van der Waals surface area contributed by atoms with Gasteiger partial charge < -0.3 is 10.4 Å². The van der Waals surface area contributed by atoms with E-state index >= 15 is 0 Å². The van der Waals surface area contributed by atoms with Gasteiger partial charge in [0.2, 0.25) is 5.91 Å². The number of amides is 1. The molecule has 5 nitrogen and oxygen atoms in total. The molecule has 120 valence electrons. The SMILES string of the molecule is O=C(Cc1ccccc1C(=O)O)Nc1ccc(Br)c2cccnc12. The molecule has 2 aromatic carbocycles. The number of halogens is 1. The standard InChI is InChI=1S/C18H13BrN2O3/c19-14-7-8-15(17-13(14)6-3-9-20-17)21-16(22)10-11-4-1-2-5-12(11)18(23)24/h1-9H,10H2,(H,21,22)(H,23,24). The monoisotopic (exact) mass is 384 g/mol. The molecule has 0 saturated heterocycles. The number of carboxylic acids is 1. The van der Waals surface area contributed by atoms with Crippen LogP contribution in [0.25, 0.3) is 10.9 Å². The molecule has 0 saturated carbocycles. The molecule has 0 atom stereocenters. The lowest BCUT2D eigenvalue weighted by atomic mass is 10.0. The fraction of sp³-hybridized carbons (Fsp3) is 0.0556. The van der Waals surface area contributed by atoms with Crippen LogP contribution in [0.4, 0.5) is 5.69 Å². The minimum atomic E-state index is -1.05. The van der Waals surface area contributed by atoms with Crippen molar-refractivity contribution >= 4 is 44.4 Å². The second-order valence-corrected chi connectivity index (χ2v) is 6.04. The van der Waals surface area contributed by atoms with Crippen LogP contribution in [0, 0.1) is 0 Å². The van der Waals surface area contributed by atoms with Crippen LogP contribution in [0.3, 0.4) is 0 Å². The highest BCUT2D eigenvalue weighted by molar-refractivity contribution is 9.10. The lowest BCUT2D eigenvalue weighted by molar-refractivity contribution is -0.115. The fourth-order valence-corrected chi connectivity index (χ4v) is 2.94. The molecule has 0 spiro atoms. The fourth-order valence-electron chi connectivity index (χ4n) is 2.49. The number of carbonyl (C=O) groups excluding carboxylic acids is 1. The van der Waals surface area contributed by atoms with E-state index in [-0.39, 0.29) is 17.9 Å². The summed E-state index contributed by atoms with van der Waals surface area (Å²) in [4.78, 5) is 27.9. The highest BCUT2D eigenvalue weighted by Crippen LogP contribution is 2.28. The van der Waals surface area contributed by atoms with Gasteiger partial charge in [-0.05, 0) is 29.8 Å². The Labute approximate surface area is 146 Å². The Morgan fingerprint density at radius 3 is 2.67 bits per heavy atom. The van der Waals surface area contributed by atoms with Gasteiger partial charge >= 0.3 is 5.97 Å². The molecule has 0 aliphatic carbocycles. The van der Waals surface area contributed by atoms with Crippen molar-refractivity contribution in [1.82, 2.24) is 4.98 Å². The third-order valence-electron chi connectivity index (χ3n) is 3.59. The van der Waals surface area contributed by atoms with Crippen molar-refractivity contribution < 1.29 is 14.7 Å². The van der Waals surface area contributed by atoms with Crippen molar-refractivity contribution in [3.05, 3.63) is 70.3 Å². The number of anilines is 1. The minimum Gasteiger partial charge on any atom is -0.478 e. The quantitative estimate of drug-likeness (QED) is 0.715. The molecule has 1 heterocycles. The molecule has 2 N–H and O–H groups in total. The lowest BCUT2D eigenvalue weighted by Crippen LogP contribution is -2.16. The zero-order valence-electron chi connectivity index (χ0n) is 12.5. The van der Waals surface area contributed by atoms with Gasteiger partial charge in [0.05, 0.1) is 23.2 Å². The summed E-state index contributed by atoms with van der Waals surface area (Å²) in [7, 11) is 0. The Morgan fingerprint density at radius 1 is 1.08 bits per heavy atom. The van der Waals surface area contributed by atoms with E-state index in [0.29, 0.717) is 16.8 Å². The maximum absolute atomic E-state index is 12.3. The first-order valence-electron chi connectivity index (χ1n) is 7.20. The number of hydrogen-bond donors (Lipinski definition) is 2. The van der Waals surface area contributed by atoms with Crippen LogP contribution in [0.15, 0.2) is 59.2 Å². The predicted molar refractivity (Wildman–Crippen MR) is 95.2 cm³/mol. The normalized spacial score (nSPS) is 10.5. The Morgan fingerprint density at radius 2 is 1.88 bits per heavy atom. The first kappa shape index (κ1) is 16.1. The second kappa shape index (κ2) is 6.80. The van der Waals surface area contributed by atoms with Crippen LogP contribution in [0.5, 0.6) is 0 Å². The van der Waals surface area contributed by atoms with Crippen molar-refractivity contribution in [2.45, 2.75) is 6.42 Å². The molecule has 24 heavy (non-hydrogen) atoms. The first-order valence-corrected chi connectivity index (χ1v) is 8.00. The van der Waals surface area contributed by atoms with E-state index in [1.807, 2.05) is 18.2 Å². The van der Waals surface area contributed by atoms with Crippen LogP contribution in [-0.2, 0) is 11.2 Å². The number of carboxylic acid groups (broad SMARTS) is 1. The highest BCUT2D eigenvalue weighted by atomic mass is 79.9. The van der Waals surface area contributed by atoms with Crippen molar-refractivity contribution in [3.8, 4) is 0 Å². The van der Waals surface area contributed by atoms with E-state index in [9.17, 15) is 14.7 Å². The zero-order valence-corrected chi connectivity index (χ0v) is 14.1. The molecule has 3 rings (SSSR count). The summed E-state index contributed by atoms with van der Waals surface area (Å²) in [5, 5.41) is 12.9. The number of rotatable bonds is 4. The number of benzene rings is 2. The maximum atomic E-state index is 12.3. The van der Waals surface area contributed by atoms with Gasteiger partial charge in [-0.1, -0.05) is 40.2 Å². The van der Waals surface area contributed by atoms with Gasteiger partial charge in [0.25, 0.3) is 0 Å². The maximum Gasteiger partial charge on any atom is 0.335 e. The molecule has 0 aliphatic heterocycles. The van der Waals surface area contributed by atoms with Gasteiger partial charge in [-0.15, -0.1) is 0 Å². The van der Waals surface area contributed by atoms with E-state index < -0.39 is 5.97 Å². The first-order chi connectivity index (χ1) is 11.6. The van der Waals surface area contributed by atoms with Crippen LogP contribution >= 0.6 is 15.9 Å². The van der Waals surface area contributed by atoms with Crippen LogP contribution in [0.1, 0.15) is 15.9 Å². The summed E-state index contributed by atoms with van der Waals surface area (Å²) in [6.45, 7) is 0. The van der Waals surface area contributed by atoms with E-state index in [0.717, 1.165) is 9.86 Å². The van der Waals surface area contributed by atoms with Gasteiger partial charge in [0.1, 0.15) is 0 Å². The van der Waals surface area contributed by atoms with Crippen molar-refractivity contribution in [3.63, 3.8) is 0 Å². The number of hydrogen-bond acceptors (Lipinski definition) is 3. The van der Waals surface area contributed by atoms with Crippen LogP contribution in [0.2, 0.25) is 0 Å². The highest BCUT2D eigenvalue weighted by Gasteiger charge is 2.14. The molecule has 1 amide bonds. The van der Waals surface area contributed by atoms with Gasteiger partial charge in [-0.25, -0.2) is 4.79 Å². The van der Waals surface area contributed by atoms with Gasteiger partial charge in [0, 0.05) is 16.1 Å². The van der Waals surface area contributed by atoms with E-state index in [1.54, 1.807) is 30.5 Å². The molecule has 0 unspecified atom stereocenters. The number of fused-ring (bicyclic) bond motifs is 1. The molecule has 1 aromatic heterocycles. The van der Waals surface area contributed by atoms with Crippen LogP contribution in [-0.4, -0.2) is 22.0 Å². The average Bonchev–Trinajstić information content (AvgIpc) is 2.58. The molecule has 0 aliphatic rings. The summed E-state index contributed by atoms with van der Waals surface area (Å²) in [5.41, 5.74) is 1.86. The largest absolute Gasteiger partial charge is 0.478 e. The predicted octanol–water partition coefficient (Wildman–Crippen LogP) is 3.88. The number of nitrogens with one attached hydrogen (secondary N) is 1. The third-order valence-corrected chi connectivity index (χ3v) is 4.28. The topological polar surface area (TPSA) is 79.3 Å². The molecular formula is C18H13BrN2O3. The van der Waals surface area contributed by atoms with E-state index in [4.69, 9.17) is 0 Å². The molecule has 0 fully saturated rings. The van der Waals surface area contributed by atoms with Crippen LogP contribution < -0.4 is 5.32 Å². The Hall–Kier alpha value is -2.73. The lowest BCUT2D eigenvalue weighted by Gasteiger charge is -2.10. The summed E-state index contributed by atoms with van der Waals surface area (Å²) in [6, 6.07) is 13.8. The molecule has 3 aromatic rings. The van der Waals surface area contributed by atoms with Crippen molar-refractivity contribution in [1.29, 1.82) is 0 Å². The summed E-state index contributed by atoms with van der Waals surface area (Å²) in [6.07, 6.45) is 1.64. The number of carbonyl (C=O) groups is 2. The minimum absolute atomic E-state index is 0.0210. The average molecular weight is 385 g/mol. The van der Waals surface area contributed by atoms with Gasteiger partial charge in [0.15, 0.2) is 0 Å². The summed E-state index contributed by atoms with van der Waals surface area (Å²) in [5.74, 6) is -1.34. The van der Waals surface area contributed by atoms with Gasteiger partial charge in [-0.2, -0.15) is 0 Å². The molecule has 6 heteroatoms. The number of aromatic carboxylic acids is 1. The van der Waals surface area contributed by atoms with E-state index in [2.05, 4.69) is 26.2 Å². The molecule has 0 radical (unpaired) electrons. The smallest absolute Gasteiger partial charge is 0.335 e. The summed E-state index contributed by atoms with van der Waals surface area (Å²) >= 11 is 3.46. The van der Waals surface area contributed by atoms with Gasteiger partial charge in [-0.3, -0.25) is 9.78 Å². The third kappa shape index (κ3) is 3.28. The number of aromatic nitrogens is 1. The second-order valence-electron chi connectivity index (χ2n) is 5.18. The Bertz CT molecular complexity index is 940. The van der Waals surface area contributed by atoms with Crippen molar-refractivity contribution in [2.75, 3.05) is 5.32 Å². The summed E-state index contributed by atoms with van der Waals surface area (Å²) < 4.78 is 0.889. The Balaban J connectivity index is 1.87. The number of pyridine rings is 1. The zero-order chi connectivity index (χ0) is 17.1. The Kier molecular flexibility index (Phi) is 4.57. The van der Waals surface area contributed by atoms with E-state index in [1.165, 1.54) is 6.07 Å².